The van der Waals surface area contributed by atoms with Crippen LogP contribution >= 0.6 is 0 Å². The van der Waals surface area contributed by atoms with Crippen molar-refractivity contribution in [1.82, 2.24) is 0 Å². The lowest BCUT2D eigenvalue weighted by Crippen LogP contribution is -2.53. The third kappa shape index (κ3) is 11.2. The minimum Gasteiger partial charge on any atom is -0.460 e. The van der Waals surface area contributed by atoms with Gasteiger partial charge in [0.1, 0.15) is 0 Å². The number of carbonyl (C=O) groups excluding carboxylic acids is 2. The first-order valence-corrected chi connectivity index (χ1v) is 15.7. The van der Waals surface area contributed by atoms with E-state index in [1.165, 1.54) is 6.92 Å². The molecule has 0 radical (unpaired) electrons. The molecule has 0 unspecified atom stereocenters. The van der Waals surface area contributed by atoms with Crippen molar-refractivity contribution in [2.24, 2.45) is 10.5 Å². The number of nitrogens with zero attached hydrogens (tertiary/aromatic N) is 3. The van der Waals surface area contributed by atoms with Gasteiger partial charge in [-0.2, -0.15) is 8.42 Å². The van der Waals surface area contributed by atoms with Crippen LogP contribution in [0, 0.1) is 5.41 Å². The van der Waals surface area contributed by atoms with Gasteiger partial charge in [-0.3, -0.25) is 4.18 Å². The van der Waals surface area contributed by atoms with E-state index < -0.39 is 48.0 Å². The maximum absolute atomic E-state index is 13.2. The van der Waals surface area contributed by atoms with Crippen LogP contribution in [0.25, 0.3) is 10.4 Å². The predicted octanol–water partition coefficient (Wildman–Crippen LogP) is 4.33. The second-order valence-corrected chi connectivity index (χ2v) is 17.2. The molecule has 0 saturated heterocycles. The van der Waals surface area contributed by atoms with E-state index in [2.05, 4.69) is 10.0 Å². The maximum atomic E-state index is 13.2. The van der Waals surface area contributed by atoms with Crippen molar-refractivity contribution in [2.75, 3.05) is 18.9 Å². The van der Waals surface area contributed by atoms with Gasteiger partial charge >= 0.3 is 11.9 Å². The summed E-state index contributed by atoms with van der Waals surface area (Å²) in [7, 11) is -6.45. The summed E-state index contributed by atoms with van der Waals surface area (Å²) in [6.45, 7) is 17.6. The Labute approximate surface area is 204 Å². The molecule has 0 aromatic heterocycles. The van der Waals surface area contributed by atoms with Crippen LogP contribution in [0.4, 0.5) is 0 Å². The van der Waals surface area contributed by atoms with Crippen LogP contribution < -0.4 is 0 Å². The van der Waals surface area contributed by atoms with Crippen molar-refractivity contribution in [3.8, 4) is 0 Å². The molecule has 11 nitrogen and oxygen atoms in total. The lowest BCUT2D eigenvalue weighted by atomic mass is 9.87. The van der Waals surface area contributed by atoms with Crippen molar-refractivity contribution in [3.63, 3.8) is 0 Å². The van der Waals surface area contributed by atoms with Crippen molar-refractivity contribution >= 4 is 30.4 Å². The molecule has 0 fully saturated rings. The maximum Gasteiger partial charge on any atom is 0.347 e. The monoisotopic (exact) mass is 523 g/mol. The highest BCUT2D eigenvalue weighted by molar-refractivity contribution is 7.86. The quantitative estimate of drug-likeness (QED) is 0.0619. The van der Waals surface area contributed by atoms with E-state index in [1.807, 2.05) is 33.9 Å². The molecule has 0 rings (SSSR count). The van der Waals surface area contributed by atoms with Gasteiger partial charge < -0.3 is 13.9 Å². The molecular formula is C21H41N3O8SSi. The Morgan fingerprint density at radius 3 is 2.06 bits per heavy atom. The predicted molar refractivity (Wildman–Crippen MR) is 131 cm³/mol. The molecule has 0 aromatic carbocycles. The van der Waals surface area contributed by atoms with Gasteiger partial charge in [-0.05, 0) is 50.9 Å². The van der Waals surface area contributed by atoms with E-state index in [9.17, 15) is 18.0 Å². The Balaban J connectivity index is 5.72. The van der Waals surface area contributed by atoms with Crippen LogP contribution in [0.2, 0.25) is 18.1 Å². The van der Waals surface area contributed by atoms with Crippen molar-refractivity contribution in [3.05, 3.63) is 10.4 Å². The van der Waals surface area contributed by atoms with Crippen LogP contribution in [0.3, 0.4) is 0 Å². The molecule has 34 heavy (non-hydrogen) atoms. The standard InChI is InChI=1S/C21H41N3O8SSi/c1-15(2)30-18(25)16(3)31-19(26)17(32-34(9,10)20(4,5)6)21(7,8)14-29-33(27,28)13-11-12-23-24-22/h15-17H,11-14H2,1-10H3/t16-,17-/m0/s1. The van der Waals surface area contributed by atoms with Gasteiger partial charge in [0.15, 0.2) is 20.5 Å². The van der Waals surface area contributed by atoms with Gasteiger partial charge in [0.2, 0.25) is 0 Å². The Morgan fingerprint density at radius 2 is 1.59 bits per heavy atom. The molecule has 0 bridgehead atoms. The first kappa shape index (κ1) is 32.3. The topological polar surface area (TPSA) is 154 Å². The second-order valence-electron chi connectivity index (χ2n) is 10.6. The first-order valence-electron chi connectivity index (χ1n) is 11.2. The second kappa shape index (κ2) is 12.9. The van der Waals surface area contributed by atoms with E-state index in [1.54, 1.807) is 27.7 Å². The largest absolute Gasteiger partial charge is 0.460 e. The Bertz CT molecular complexity index is 847. The van der Waals surface area contributed by atoms with Crippen LogP contribution in [-0.4, -0.2) is 65.9 Å². The highest BCUT2D eigenvalue weighted by Crippen LogP contribution is 2.40. The third-order valence-corrected chi connectivity index (χ3v) is 11.1. The van der Waals surface area contributed by atoms with Crippen molar-refractivity contribution in [1.29, 1.82) is 0 Å². The Morgan fingerprint density at radius 1 is 1.03 bits per heavy atom. The fraction of sp³-hybridized carbons (Fsp3) is 0.905. The van der Waals surface area contributed by atoms with E-state index in [-0.39, 0.29) is 36.5 Å². The Hall–Kier alpha value is -1.66. The zero-order valence-electron chi connectivity index (χ0n) is 22.1. The fourth-order valence-corrected chi connectivity index (χ4v) is 4.79. The smallest absolute Gasteiger partial charge is 0.347 e. The van der Waals surface area contributed by atoms with Crippen molar-refractivity contribution < 1.29 is 36.1 Å². The lowest BCUT2D eigenvalue weighted by molar-refractivity contribution is -0.177. The number of azide groups is 1. The zero-order valence-corrected chi connectivity index (χ0v) is 23.9. The molecule has 0 aliphatic rings. The molecule has 0 aromatic rings. The van der Waals surface area contributed by atoms with Crippen LogP contribution in [0.15, 0.2) is 5.11 Å². The van der Waals surface area contributed by atoms with Gasteiger partial charge in [-0.1, -0.05) is 39.7 Å². The summed E-state index contributed by atoms with van der Waals surface area (Å²) in [5, 5.41) is 3.05. The molecule has 0 aliphatic heterocycles. The van der Waals surface area contributed by atoms with E-state index in [4.69, 9.17) is 23.6 Å². The van der Waals surface area contributed by atoms with E-state index in [0.717, 1.165) is 0 Å². The average Bonchev–Trinajstić information content (AvgIpc) is 2.66. The normalized spacial score (nSPS) is 14.8. The lowest BCUT2D eigenvalue weighted by Gasteiger charge is -2.43. The molecule has 198 valence electrons. The van der Waals surface area contributed by atoms with Gasteiger partial charge in [0.25, 0.3) is 10.1 Å². The summed E-state index contributed by atoms with van der Waals surface area (Å²) >= 11 is 0. The molecule has 0 aliphatic carbocycles. The van der Waals surface area contributed by atoms with Gasteiger partial charge in [0.05, 0.1) is 18.5 Å². The number of esters is 2. The molecule has 0 heterocycles. The number of rotatable bonds is 14. The molecule has 2 atom stereocenters. The van der Waals surface area contributed by atoms with E-state index >= 15 is 0 Å². The fourth-order valence-electron chi connectivity index (χ4n) is 2.34. The number of carbonyl (C=O) groups is 2. The van der Waals surface area contributed by atoms with Gasteiger partial charge in [-0.25, -0.2) is 9.59 Å². The summed E-state index contributed by atoms with van der Waals surface area (Å²) in [6, 6.07) is 0. The van der Waals surface area contributed by atoms with E-state index in [0.29, 0.717) is 0 Å². The summed E-state index contributed by atoms with van der Waals surface area (Å²) in [6.07, 6.45) is -2.63. The van der Waals surface area contributed by atoms with Crippen molar-refractivity contribution in [2.45, 2.75) is 98.3 Å². The average molecular weight is 524 g/mol. The SMILES string of the molecule is CC(C)OC(=O)[C@H](C)OC(=O)[C@H](O[Si](C)(C)C(C)(C)C)C(C)(C)COS(=O)(=O)CCCN=[N+]=[N-]. The highest BCUT2D eigenvalue weighted by atomic mass is 32.2. The number of ether oxygens (including phenoxy) is 2. The molecule has 0 saturated carbocycles. The Kier molecular flexibility index (Phi) is 12.2. The van der Waals surface area contributed by atoms with Gasteiger partial charge in [0, 0.05) is 16.9 Å². The third-order valence-electron chi connectivity index (χ3n) is 5.45. The van der Waals surface area contributed by atoms with Crippen LogP contribution in [0.5, 0.6) is 0 Å². The zero-order chi connectivity index (χ0) is 27.0. The molecular weight excluding hydrogens is 482 g/mol. The number of hydrogen-bond acceptors (Lipinski definition) is 9. The molecule has 0 N–H and O–H groups in total. The van der Waals surface area contributed by atoms with Gasteiger partial charge in [-0.15, -0.1) is 0 Å². The molecule has 13 heteroatoms. The minimum absolute atomic E-state index is 0.0241. The first-order chi connectivity index (χ1) is 15.3. The summed E-state index contributed by atoms with van der Waals surface area (Å²) in [5.74, 6) is -1.82. The number of hydrogen-bond donors (Lipinski definition) is 0. The minimum atomic E-state index is -3.93. The molecule has 0 amide bonds. The summed E-state index contributed by atoms with van der Waals surface area (Å²) in [4.78, 5) is 27.9. The summed E-state index contributed by atoms with van der Waals surface area (Å²) in [5.41, 5.74) is 7.18. The van der Waals surface area contributed by atoms with Crippen LogP contribution in [0.1, 0.15) is 61.8 Å². The molecule has 0 spiro atoms. The summed E-state index contributed by atoms with van der Waals surface area (Å²) < 4.78 is 46.6. The van der Waals surface area contributed by atoms with Crippen LogP contribution in [-0.2, 0) is 37.8 Å². The highest BCUT2D eigenvalue weighted by Gasteiger charge is 2.47.